The molecule has 1 aromatic carbocycles. The fourth-order valence-corrected chi connectivity index (χ4v) is 3.54. The van der Waals surface area contributed by atoms with E-state index < -0.39 is 9.52 Å². The molecule has 0 unspecified atom stereocenters. The molecular formula is C15H22O4Si. The van der Waals surface area contributed by atoms with Gasteiger partial charge in [-0.3, -0.25) is 0 Å². The maximum absolute atomic E-state index is 11.2. The van der Waals surface area contributed by atoms with Crippen LogP contribution < -0.4 is 14.7 Å². The van der Waals surface area contributed by atoms with Crippen molar-refractivity contribution in [3.05, 3.63) is 30.4 Å². The van der Waals surface area contributed by atoms with Gasteiger partial charge in [-0.2, -0.15) is 0 Å². The summed E-state index contributed by atoms with van der Waals surface area (Å²) in [5.41, 5.74) is 0.441. The van der Waals surface area contributed by atoms with Crippen LogP contribution in [0.25, 0.3) is 0 Å². The van der Waals surface area contributed by atoms with Crippen molar-refractivity contribution >= 4 is 20.7 Å². The Labute approximate surface area is 122 Å². The molecule has 0 bridgehead atoms. The summed E-state index contributed by atoms with van der Waals surface area (Å²) in [5.74, 6) is 1.29. The van der Waals surface area contributed by atoms with Crippen LogP contribution in [0.2, 0.25) is 6.04 Å². The molecule has 5 heteroatoms. The van der Waals surface area contributed by atoms with Gasteiger partial charge in [0.1, 0.15) is 0 Å². The second-order valence-corrected chi connectivity index (χ2v) is 6.49. The van der Waals surface area contributed by atoms with E-state index in [1.54, 1.807) is 21.1 Å². The van der Waals surface area contributed by atoms with Crippen molar-refractivity contribution < 1.29 is 19.0 Å². The molecule has 4 nitrogen and oxygen atoms in total. The summed E-state index contributed by atoms with van der Waals surface area (Å²) < 4.78 is 15.8. The average molecular weight is 294 g/mol. The minimum atomic E-state index is -0.465. The third-order valence-electron chi connectivity index (χ3n) is 2.91. The minimum absolute atomic E-state index is 0.314. The Kier molecular flexibility index (Phi) is 6.87. The van der Waals surface area contributed by atoms with E-state index in [9.17, 15) is 4.79 Å². The predicted molar refractivity (Wildman–Crippen MR) is 82.9 cm³/mol. The zero-order valence-electron chi connectivity index (χ0n) is 12.4. The van der Waals surface area contributed by atoms with Crippen LogP contribution in [-0.2, 0) is 9.53 Å². The molecule has 0 saturated heterocycles. The van der Waals surface area contributed by atoms with Gasteiger partial charge in [-0.1, -0.05) is 24.8 Å². The Balaban J connectivity index is 2.42. The monoisotopic (exact) mass is 294 g/mol. The van der Waals surface area contributed by atoms with Crippen LogP contribution in [-0.4, -0.2) is 36.3 Å². The number of hydrogen-bond acceptors (Lipinski definition) is 4. The normalized spacial score (nSPS) is 10.6. The summed E-state index contributed by atoms with van der Waals surface area (Å²) in [6, 6.07) is 7.00. The number of hydrogen-bond donors (Lipinski definition) is 0. The molecule has 1 rings (SSSR count). The van der Waals surface area contributed by atoms with Crippen molar-refractivity contribution in [2.45, 2.75) is 19.4 Å². The van der Waals surface area contributed by atoms with E-state index in [1.807, 2.05) is 12.1 Å². The third-order valence-corrected chi connectivity index (χ3v) is 4.86. The highest BCUT2D eigenvalue weighted by Crippen LogP contribution is 2.23. The highest BCUT2D eigenvalue weighted by Gasteiger charge is 2.09. The summed E-state index contributed by atoms with van der Waals surface area (Å²) in [4.78, 5) is 11.2. The first-order chi connectivity index (χ1) is 9.60. The minimum Gasteiger partial charge on any atom is -0.493 e. The van der Waals surface area contributed by atoms with Crippen LogP contribution in [0.1, 0.15) is 13.3 Å². The molecule has 0 amide bonds. The standard InChI is InChI=1S/C15H22O4Si/c1-11(2)15(16)19-9-6-10-20-13-8-5-7-12(17-3)14(13)18-4/h5,7-8H,1,6,9-10,20H2,2-4H3. The Morgan fingerprint density at radius 2 is 2.05 bits per heavy atom. The first-order valence-electron chi connectivity index (χ1n) is 6.62. The Hall–Kier alpha value is -1.75. The molecule has 0 spiro atoms. The molecule has 0 aliphatic carbocycles. The molecule has 0 heterocycles. The lowest BCUT2D eigenvalue weighted by Crippen LogP contribution is -2.18. The molecule has 0 aliphatic heterocycles. The molecule has 20 heavy (non-hydrogen) atoms. The van der Waals surface area contributed by atoms with Gasteiger partial charge in [-0.05, 0) is 24.6 Å². The third kappa shape index (κ3) is 4.73. The SMILES string of the molecule is C=C(C)C(=O)OCCC[SiH2]c1cccc(OC)c1OC. The van der Waals surface area contributed by atoms with Gasteiger partial charge in [0, 0.05) is 5.57 Å². The number of carbonyl (C=O) groups excluding carboxylic acids is 1. The van der Waals surface area contributed by atoms with E-state index in [1.165, 1.54) is 5.19 Å². The van der Waals surface area contributed by atoms with E-state index in [0.29, 0.717) is 12.2 Å². The molecule has 0 atom stereocenters. The fraction of sp³-hybridized carbons (Fsp3) is 0.400. The van der Waals surface area contributed by atoms with Crippen molar-refractivity contribution in [2.24, 2.45) is 0 Å². The summed E-state index contributed by atoms with van der Waals surface area (Å²) >= 11 is 0. The average Bonchev–Trinajstić information content (AvgIpc) is 2.45. The van der Waals surface area contributed by atoms with E-state index in [4.69, 9.17) is 14.2 Å². The van der Waals surface area contributed by atoms with Gasteiger partial charge in [0.25, 0.3) is 0 Å². The van der Waals surface area contributed by atoms with Crippen molar-refractivity contribution in [2.75, 3.05) is 20.8 Å². The number of esters is 1. The summed E-state index contributed by atoms with van der Waals surface area (Å²) in [7, 11) is 2.83. The maximum atomic E-state index is 11.2. The molecule has 0 fully saturated rings. The Morgan fingerprint density at radius 3 is 2.65 bits per heavy atom. The van der Waals surface area contributed by atoms with Crippen LogP contribution in [0.5, 0.6) is 11.5 Å². The van der Waals surface area contributed by atoms with E-state index in [2.05, 4.69) is 12.6 Å². The summed E-state index contributed by atoms with van der Waals surface area (Å²) in [6.45, 7) is 5.65. The molecule has 0 aliphatic rings. The van der Waals surface area contributed by atoms with Gasteiger partial charge in [0.05, 0.1) is 30.3 Å². The molecular weight excluding hydrogens is 272 g/mol. The number of carbonyl (C=O) groups is 1. The molecule has 0 radical (unpaired) electrons. The largest absolute Gasteiger partial charge is 0.493 e. The van der Waals surface area contributed by atoms with Gasteiger partial charge in [0.15, 0.2) is 11.5 Å². The second kappa shape index (κ2) is 8.42. The Morgan fingerprint density at radius 1 is 1.30 bits per heavy atom. The molecule has 1 aromatic rings. The first-order valence-corrected chi connectivity index (χ1v) is 8.33. The number of para-hydroxylation sites is 1. The predicted octanol–water partition coefficient (Wildman–Crippen LogP) is 1.43. The maximum Gasteiger partial charge on any atom is 0.333 e. The van der Waals surface area contributed by atoms with E-state index in [-0.39, 0.29) is 5.97 Å². The van der Waals surface area contributed by atoms with Gasteiger partial charge in [0.2, 0.25) is 0 Å². The van der Waals surface area contributed by atoms with Crippen molar-refractivity contribution in [3.63, 3.8) is 0 Å². The molecule has 0 N–H and O–H groups in total. The van der Waals surface area contributed by atoms with Crippen molar-refractivity contribution in [3.8, 4) is 11.5 Å². The topological polar surface area (TPSA) is 44.8 Å². The van der Waals surface area contributed by atoms with Crippen LogP contribution >= 0.6 is 0 Å². The lowest BCUT2D eigenvalue weighted by molar-refractivity contribution is -0.138. The quantitative estimate of drug-likeness (QED) is 0.315. The van der Waals surface area contributed by atoms with Crippen LogP contribution in [0, 0.1) is 0 Å². The smallest absolute Gasteiger partial charge is 0.333 e. The van der Waals surface area contributed by atoms with Gasteiger partial charge in [-0.15, -0.1) is 0 Å². The highest BCUT2D eigenvalue weighted by atomic mass is 28.2. The lowest BCUT2D eigenvalue weighted by atomic mass is 10.3. The zero-order valence-corrected chi connectivity index (χ0v) is 13.8. The zero-order chi connectivity index (χ0) is 15.0. The number of benzene rings is 1. The summed E-state index contributed by atoms with van der Waals surface area (Å²) in [6.07, 6.45) is 0.867. The van der Waals surface area contributed by atoms with Crippen molar-refractivity contribution in [1.82, 2.24) is 0 Å². The number of methoxy groups -OCH3 is 2. The Bertz CT molecular complexity index is 471. The van der Waals surface area contributed by atoms with Crippen molar-refractivity contribution in [1.29, 1.82) is 0 Å². The second-order valence-electron chi connectivity index (χ2n) is 4.53. The fourth-order valence-electron chi connectivity index (χ4n) is 1.86. The molecule has 0 saturated carbocycles. The number of rotatable bonds is 8. The first kappa shape index (κ1) is 16.3. The summed E-state index contributed by atoms with van der Waals surface area (Å²) in [5, 5.41) is 1.23. The lowest BCUT2D eigenvalue weighted by Gasteiger charge is -2.12. The van der Waals surface area contributed by atoms with Crippen LogP contribution in [0.3, 0.4) is 0 Å². The van der Waals surface area contributed by atoms with E-state index in [0.717, 1.165) is 24.0 Å². The van der Waals surface area contributed by atoms with Gasteiger partial charge in [-0.25, -0.2) is 4.79 Å². The number of ether oxygens (including phenoxy) is 3. The van der Waals surface area contributed by atoms with Gasteiger partial charge >= 0.3 is 5.97 Å². The van der Waals surface area contributed by atoms with E-state index >= 15 is 0 Å². The van der Waals surface area contributed by atoms with Crippen LogP contribution in [0.15, 0.2) is 30.4 Å². The highest BCUT2D eigenvalue weighted by molar-refractivity contribution is 6.54. The molecule has 110 valence electrons. The van der Waals surface area contributed by atoms with Gasteiger partial charge < -0.3 is 14.2 Å². The van der Waals surface area contributed by atoms with Crippen LogP contribution in [0.4, 0.5) is 0 Å². The molecule has 0 aromatic heterocycles.